The third kappa shape index (κ3) is 4.10. The number of carbonyl (C=O) groups is 2. The van der Waals surface area contributed by atoms with Crippen LogP contribution in [0, 0.1) is 5.92 Å². The minimum absolute atomic E-state index is 0.0215. The highest BCUT2D eigenvalue weighted by Crippen LogP contribution is 2.25. The Morgan fingerprint density at radius 1 is 0.833 bits per heavy atom. The number of piperazine rings is 1. The quantitative estimate of drug-likeness (QED) is 0.766. The van der Waals surface area contributed by atoms with E-state index in [1.165, 1.54) is 25.7 Å². The van der Waals surface area contributed by atoms with Gasteiger partial charge in [-0.25, -0.2) is 0 Å². The molecule has 0 atom stereocenters. The lowest BCUT2D eigenvalue weighted by Gasteiger charge is -2.36. The molecule has 24 heavy (non-hydrogen) atoms. The van der Waals surface area contributed by atoms with E-state index in [2.05, 4.69) is 0 Å². The van der Waals surface area contributed by atoms with Crippen molar-refractivity contribution < 1.29 is 9.59 Å². The Kier molecular flexibility index (Phi) is 5.77. The molecule has 2 fully saturated rings. The van der Waals surface area contributed by atoms with Crippen molar-refractivity contribution in [2.75, 3.05) is 26.2 Å². The van der Waals surface area contributed by atoms with Crippen LogP contribution in [0.5, 0.6) is 0 Å². The number of hydrogen-bond acceptors (Lipinski definition) is 2. The molecule has 2 aliphatic rings. The molecule has 0 spiro atoms. The summed E-state index contributed by atoms with van der Waals surface area (Å²) in [5, 5.41) is 0.630. The van der Waals surface area contributed by atoms with Crippen LogP contribution in [-0.4, -0.2) is 47.8 Å². The molecule has 130 valence electrons. The maximum atomic E-state index is 12.7. The highest BCUT2D eigenvalue weighted by atomic mass is 35.5. The van der Waals surface area contributed by atoms with Crippen molar-refractivity contribution in [2.24, 2.45) is 5.92 Å². The first-order chi connectivity index (χ1) is 11.6. The molecule has 1 saturated carbocycles. The van der Waals surface area contributed by atoms with Crippen molar-refractivity contribution in [2.45, 2.75) is 38.5 Å². The zero-order valence-electron chi connectivity index (χ0n) is 14.0. The number of carbonyl (C=O) groups excluding carboxylic acids is 2. The monoisotopic (exact) mass is 348 g/mol. The summed E-state index contributed by atoms with van der Waals surface area (Å²) in [6, 6.07) is 6.99. The molecule has 0 unspecified atom stereocenters. The zero-order chi connectivity index (χ0) is 16.9. The SMILES string of the molecule is O=C(c1ccc(Cl)cc1)N1CCN(C(=O)C2CCCCCC2)CC1. The first kappa shape index (κ1) is 17.3. The first-order valence-corrected chi connectivity index (χ1v) is 9.36. The molecule has 5 heteroatoms. The van der Waals surface area contributed by atoms with Crippen LogP contribution < -0.4 is 0 Å². The topological polar surface area (TPSA) is 40.6 Å². The summed E-state index contributed by atoms with van der Waals surface area (Å²) in [6.07, 6.45) is 6.92. The molecule has 1 aliphatic heterocycles. The van der Waals surface area contributed by atoms with Gasteiger partial charge in [-0.15, -0.1) is 0 Å². The van der Waals surface area contributed by atoms with Crippen LogP contribution in [0.4, 0.5) is 0 Å². The highest BCUT2D eigenvalue weighted by Gasteiger charge is 2.29. The summed E-state index contributed by atoms with van der Waals surface area (Å²) in [7, 11) is 0. The van der Waals surface area contributed by atoms with E-state index >= 15 is 0 Å². The Bertz CT molecular complexity index is 572. The lowest BCUT2D eigenvalue weighted by Crippen LogP contribution is -2.52. The first-order valence-electron chi connectivity index (χ1n) is 8.99. The van der Waals surface area contributed by atoms with Crippen LogP contribution >= 0.6 is 11.6 Å². The van der Waals surface area contributed by atoms with Gasteiger partial charge in [0.15, 0.2) is 0 Å². The highest BCUT2D eigenvalue weighted by molar-refractivity contribution is 6.30. The Balaban J connectivity index is 1.54. The van der Waals surface area contributed by atoms with E-state index in [0.717, 1.165) is 12.8 Å². The van der Waals surface area contributed by atoms with Crippen molar-refractivity contribution in [1.29, 1.82) is 0 Å². The van der Waals surface area contributed by atoms with Gasteiger partial charge in [-0.05, 0) is 37.1 Å². The normalized spacial score (nSPS) is 19.9. The van der Waals surface area contributed by atoms with Crippen molar-refractivity contribution in [3.05, 3.63) is 34.9 Å². The molecule has 1 heterocycles. The largest absolute Gasteiger partial charge is 0.339 e. The summed E-state index contributed by atoms with van der Waals surface area (Å²) in [4.78, 5) is 29.0. The predicted molar refractivity (Wildman–Crippen MR) is 95.1 cm³/mol. The molecular weight excluding hydrogens is 324 g/mol. The van der Waals surface area contributed by atoms with E-state index < -0.39 is 0 Å². The Hall–Kier alpha value is -1.55. The van der Waals surface area contributed by atoms with E-state index in [1.54, 1.807) is 24.3 Å². The minimum atomic E-state index is 0.0215. The molecule has 0 N–H and O–H groups in total. The van der Waals surface area contributed by atoms with Gasteiger partial charge in [-0.2, -0.15) is 0 Å². The number of rotatable bonds is 2. The fraction of sp³-hybridized carbons (Fsp3) is 0.579. The Labute approximate surface area is 148 Å². The maximum absolute atomic E-state index is 12.7. The average molecular weight is 349 g/mol. The lowest BCUT2D eigenvalue weighted by molar-refractivity contribution is -0.137. The fourth-order valence-corrected chi connectivity index (χ4v) is 3.82. The number of halogens is 1. The van der Waals surface area contributed by atoms with Gasteiger partial charge in [0.05, 0.1) is 0 Å². The number of amides is 2. The van der Waals surface area contributed by atoms with Crippen LogP contribution in [0.2, 0.25) is 5.02 Å². The number of hydrogen-bond donors (Lipinski definition) is 0. The second-order valence-corrected chi connectivity index (χ2v) is 7.25. The summed E-state index contributed by atoms with van der Waals surface area (Å²) in [5.41, 5.74) is 0.656. The Morgan fingerprint density at radius 3 is 1.96 bits per heavy atom. The van der Waals surface area contributed by atoms with Gasteiger partial charge in [0.2, 0.25) is 5.91 Å². The lowest BCUT2D eigenvalue weighted by atomic mass is 9.98. The molecule has 3 rings (SSSR count). The third-order valence-electron chi connectivity index (χ3n) is 5.17. The average Bonchev–Trinajstić information content (AvgIpc) is 2.91. The predicted octanol–water partition coefficient (Wildman–Crippen LogP) is 3.59. The second kappa shape index (κ2) is 8.02. The van der Waals surface area contributed by atoms with Gasteiger partial charge in [-0.1, -0.05) is 37.3 Å². The van der Waals surface area contributed by atoms with Gasteiger partial charge < -0.3 is 9.80 Å². The van der Waals surface area contributed by atoms with E-state index in [-0.39, 0.29) is 11.8 Å². The zero-order valence-corrected chi connectivity index (χ0v) is 14.8. The van der Waals surface area contributed by atoms with E-state index in [1.807, 2.05) is 9.80 Å². The van der Waals surface area contributed by atoms with Gasteiger partial charge in [0, 0.05) is 42.7 Å². The van der Waals surface area contributed by atoms with Crippen molar-refractivity contribution in [3.8, 4) is 0 Å². The van der Waals surface area contributed by atoms with E-state index in [0.29, 0.717) is 42.7 Å². The molecule has 0 radical (unpaired) electrons. The molecule has 1 aromatic carbocycles. The Morgan fingerprint density at radius 2 is 1.38 bits per heavy atom. The molecule has 1 saturated heterocycles. The third-order valence-corrected chi connectivity index (χ3v) is 5.43. The van der Waals surface area contributed by atoms with Crippen molar-refractivity contribution in [3.63, 3.8) is 0 Å². The summed E-state index contributed by atoms with van der Waals surface area (Å²) >= 11 is 5.87. The van der Waals surface area contributed by atoms with Gasteiger partial charge in [0.1, 0.15) is 0 Å². The molecule has 2 amide bonds. The van der Waals surface area contributed by atoms with E-state index in [9.17, 15) is 9.59 Å². The molecular formula is C19H25ClN2O2. The summed E-state index contributed by atoms with van der Waals surface area (Å²) < 4.78 is 0. The minimum Gasteiger partial charge on any atom is -0.339 e. The molecule has 1 aliphatic carbocycles. The second-order valence-electron chi connectivity index (χ2n) is 6.81. The van der Waals surface area contributed by atoms with Gasteiger partial charge in [0.25, 0.3) is 5.91 Å². The van der Waals surface area contributed by atoms with Crippen LogP contribution in [0.3, 0.4) is 0 Å². The fourth-order valence-electron chi connectivity index (χ4n) is 3.69. The summed E-state index contributed by atoms with van der Waals surface area (Å²) in [5.74, 6) is 0.523. The smallest absolute Gasteiger partial charge is 0.253 e. The summed E-state index contributed by atoms with van der Waals surface area (Å²) in [6.45, 7) is 2.52. The van der Waals surface area contributed by atoms with Crippen LogP contribution in [0.15, 0.2) is 24.3 Å². The van der Waals surface area contributed by atoms with Gasteiger partial charge in [-0.3, -0.25) is 9.59 Å². The van der Waals surface area contributed by atoms with Gasteiger partial charge >= 0.3 is 0 Å². The van der Waals surface area contributed by atoms with Crippen LogP contribution in [0.25, 0.3) is 0 Å². The molecule has 4 nitrogen and oxygen atoms in total. The molecule has 0 bridgehead atoms. The van der Waals surface area contributed by atoms with Crippen molar-refractivity contribution >= 4 is 23.4 Å². The van der Waals surface area contributed by atoms with Crippen LogP contribution in [-0.2, 0) is 4.79 Å². The molecule has 1 aromatic rings. The standard InChI is InChI=1S/C19H25ClN2O2/c20-17-9-7-16(8-10-17)19(24)22-13-11-21(12-14-22)18(23)15-5-3-1-2-4-6-15/h7-10,15H,1-6,11-14H2. The molecule has 0 aromatic heterocycles. The van der Waals surface area contributed by atoms with Crippen molar-refractivity contribution in [1.82, 2.24) is 9.80 Å². The number of benzene rings is 1. The van der Waals surface area contributed by atoms with E-state index in [4.69, 9.17) is 11.6 Å². The maximum Gasteiger partial charge on any atom is 0.253 e. The number of nitrogens with zero attached hydrogens (tertiary/aromatic N) is 2. The van der Waals surface area contributed by atoms with Crippen LogP contribution in [0.1, 0.15) is 48.9 Å².